The van der Waals surface area contributed by atoms with Crippen LogP contribution in [0.1, 0.15) is 43.9 Å². The molecule has 6 nitrogen and oxygen atoms in total. The van der Waals surface area contributed by atoms with Gasteiger partial charge in [-0.25, -0.2) is 4.79 Å². The molecule has 2 N–H and O–H groups in total. The lowest BCUT2D eigenvalue weighted by atomic mass is 10.1. The van der Waals surface area contributed by atoms with Crippen LogP contribution in [0.5, 0.6) is 0 Å². The van der Waals surface area contributed by atoms with Crippen LogP contribution in [0, 0.1) is 6.92 Å². The first-order valence-electron chi connectivity index (χ1n) is 6.58. The van der Waals surface area contributed by atoms with E-state index < -0.39 is 12.0 Å². The summed E-state index contributed by atoms with van der Waals surface area (Å²) >= 11 is 5.80. The molecule has 0 bridgehead atoms. The monoisotopic (exact) mass is 302 g/mol. The van der Waals surface area contributed by atoms with Crippen molar-refractivity contribution in [1.82, 2.24) is 10.5 Å². The van der Waals surface area contributed by atoms with Gasteiger partial charge >= 0.3 is 5.97 Å². The Morgan fingerprint density at radius 2 is 2.20 bits per heavy atom. The van der Waals surface area contributed by atoms with Gasteiger partial charge in [-0.1, -0.05) is 24.9 Å². The Hall–Kier alpha value is -1.56. The van der Waals surface area contributed by atoms with Crippen molar-refractivity contribution < 1.29 is 19.2 Å². The average molecular weight is 303 g/mol. The number of carbonyl (C=O) groups excluding carboxylic acids is 1. The number of carbonyl (C=O) groups is 2. The van der Waals surface area contributed by atoms with Crippen LogP contribution in [-0.2, 0) is 16.0 Å². The van der Waals surface area contributed by atoms with Gasteiger partial charge < -0.3 is 14.9 Å². The van der Waals surface area contributed by atoms with E-state index in [0.717, 1.165) is 12.8 Å². The standard InChI is InChI=1S/C13H19ClN2O4/c1-3-4-5-10(13(18)19)15-11(17)7-6-9-8(2)16-20-12(9)14/h10H,3-7H2,1-2H3,(H,15,17)(H,18,19). The summed E-state index contributed by atoms with van der Waals surface area (Å²) in [6.07, 6.45) is 2.60. The van der Waals surface area contributed by atoms with E-state index in [2.05, 4.69) is 10.5 Å². The van der Waals surface area contributed by atoms with E-state index in [4.69, 9.17) is 21.2 Å². The van der Waals surface area contributed by atoms with Gasteiger partial charge in [-0.2, -0.15) is 0 Å². The van der Waals surface area contributed by atoms with Crippen LogP contribution in [0.2, 0.25) is 5.22 Å². The number of hydrogen-bond acceptors (Lipinski definition) is 4. The van der Waals surface area contributed by atoms with Crippen LogP contribution in [-0.4, -0.2) is 28.2 Å². The molecular weight excluding hydrogens is 284 g/mol. The minimum Gasteiger partial charge on any atom is -0.480 e. The quantitative estimate of drug-likeness (QED) is 0.769. The summed E-state index contributed by atoms with van der Waals surface area (Å²) < 4.78 is 4.79. The molecule has 0 spiro atoms. The number of hydrogen-bond donors (Lipinski definition) is 2. The third-order valence-electron chi connectivity index (χ3n) is 3.02. The van der Waals surface area contributed by atoms with E-state index in [1.54, 1.807) is 6.92 Å². The van der Waals surface area contributed by atoms with E-state index >= 15 is 0 Å². The smallest absolute Gasteiger partial charge is 0.326 e. The summed E-state index contributed by atoms with van der Waals surface area (Å²) in [5, 5.41) is 15.4. The van der Waals surface area contributed by atoms with Crippen LogP contribution in [0.3, 0.4) is 0 Å². The van der Waals surface area contributed by atoms with Gasteiger partial charge in [0.05, 0.1) is 5.69 Å². The number of carboxylic acids is 1. The SMILES string of the molecule is CCCCC(NC(=O)CCc1c(C)noc1Cl)C(=O)O. The van der Waals surface area contributed by atoms with Crippen LogP contribution in [0.4, 0.5) is 0 Å². The molecule has 0 saturated carbocycles. The number of nitrogens with one attached hydrogen (secondary N) is 1. The Bertz CT molecular complexity index is 453. The largest absolute Gasteiger partial charge is 0.480 e. The predicted molar refractivity (Wildman–Crippen MR) is 73.7 cm³/mol. The van der Waals surface area contributed by atoms with Gasteiger partial charge in [0.25, 0.3) is 0 Å². The van der Waals surface area contributed by atoms with Crippen molar-refractivity contribution in [2.45, 2.75) is 52.0 Å². The molecule has 0 aliphatic heterocycles. The van der Waals surface area contributed by atoms with Gasteiger partial charge in [0.1, 0.15) is 6.04 Å². The maximum atomic E-state index is 11.8. The van der Waals surface area contributed by atoms with Crippen LogP contribution >= 0.6 is 11.6 Å². The highest BCUT2D eigenvalue weighted by atomic mass is 35.5. The summed E-state index contributed by atoms with van der Waals surface area (Å²) in [4.78, 5) is 22.8. The molecule has 20 heavy (non-hydrogen) atoms. The van der Waals surface area contributed by atoms with Crippen molar-refractivity contribution in [2.24, 2.45) is 0 Å². The Morgan fingerprint density at radius 1 is 1.50 bits per heavy atom. The molecular formula is C13H19ClN2O4. The number of aromatic nitrogens is 1. The number of amides is 1. The molecule has 1 amide bonds. The zero-order chi connectivity index (χ0) is 15.1. The topological polar surface area (TPSA) is 92.4 Å². The van der Waals surface area contributed by atoms with Crippen LogP contribution in [0.25, 0.3) is 0 Å². The van der Waals surface area contributed by atoms with E-state index in [9.17, 15) is 9.59 Å². The van der Waals surface area contributed by atoms with Gasteiger partial charge in [0.2, 0.25) is 11.1 Å². The second-order valence-corrected chi connectivity index (χ2v) is 4.96. The number of nitrogens with zero attached hydrogens (tertiary/aromatic N) is 1. The van der Waals surface area contributed by atoms with Crippen molar-refractivity contribution in [3.8, 4) is 0 Å². The van der Waals surface area contributed by atoms with E-state index in [1.165, 1.54) is 0 Å². The van der Waals surface area contributed by atoms with Crippen molar-refractivity contribution in [2.75, 3.05) is 0 Å². The maximum absolute atomic E-state index is 11.8. The normalized spacial score (nSPS) is 12.2. The predicted octanol–water partition coefficient (Wildman–Crippen LogP) is 2.33. The van der Waals surface area contributed by atoms with Gasteiger partial charge in [0.15, 0.2) is 0 Å². The molecule has 1 heterocycles. The van der Waals surface area contributed by atoms with E-state index in [0.29, 0.717) is 24.1 Å². The molecule has 0 fully saturated rings. The zero-order valence-electron chi connectivity index (χ0n) is 11.6. The molecule has 7 heteroatoms. The minimum atomic E-state index is -1.01. The van der Waals surface area contributed by atoms with Gasteiger partial charge in [-0.3, -0.25) is 4.79 Å². The first-order valence-corrected chi connectivity index (χ1v) is 6.96. The Kier molecular flexibility index (Phi) is 6.51. The van der Waals surface area contributed by atoms with E-state index in [-0.39, 0.29) is 17.5 Å². The summed E-state index contributed by atoms with van der Waals surface area (Å²) in [6, 6.07) is -0.832. The summed E-state index contributed by atoms with van der Waals surface area (Å²) in [7, 11) is 0. The average Bonchev–Trinajstić information content (AvgIpc) is 2.71. The van der Waals surface area contributed by atoms with Crippen molar-refractivity contribution >= 4 is 23.5 Å². The zero-order valence-corrected chi connectivity index (χ0v) is 12.4. The molecule has 112 valence electrons. The fourth-order valence-corrected chi connectivity index (χ4v) is 2.08. The Morgan fingerprint density at radius 3 is 2.70 bits per heavy atom. The molecule has 0 radical (unpaired) electrons. The first kappa shape index (κ1) is 16.5. The minimum absolute atomic E-state index is 0.150. The molecule has 0 aliphatic carbocycles. The highest BCUT2D eigenvalue weighted by Crippen LogP contribution is 2.20. The number of aryl methyl sites for hydroxylation is 1. The number of halogens is 1. The third-order valence-corrected chi connectivity index (χ3v) is 3.32. The Labute approximate surface area is 122 Å². The fourth-order valence-electron chi connectivity index (χ4n) is 1.81. The Balaban J connectivity index is 2.48. The number of aliphatic carboxylic acids is 1. The van der Waals surface area contributed by atoms with Crippen molar-refractivity contribution in [1.29, 1.82) is 0 Å². The highest BCUT2D eigenvalue weighted by molar-refractivity contribution is 6.29. The summed E-state index contributed by atoms with van der Waals surface area (Å²) in [6.45, 7) is 3.71. The molecule has 1 unspecified atom stereocenters. The highest BCUT2D eigenvalue weighted by Gasteiger charge is 2.20. The maximum Gasteiger partial charge on any atom is 0.326 e. The second kappa shape index (κ2) is 7.89. The summed E-state index contributed by atoms with van der Waals surface area (Å²) in [5.74, 6) is -1.32. The molecule has 0 saturated heterocycles. The number of unbranched alkanes of at least 4 members (excludes halogenated alkanes) is 1. The number of carboxylic acid groups (broad SMARTS) is 1. The second-order valence-electron chi connectivity index (χ2n) is 4.62. The molecule has 1 rings (SSSR count). The first-order chi connectivity index (χ1) is 9.45. The summed E-state index contributed by atoms with van der Waals surface area (Å²) in [5.41, 5.74) is 1.32. The van der Waals surface area contributed by atoms with E-state index in [1.807, 2.05) is 6.92 Å². The van der Waals surface area contributed by atoms with Gasteiger partial charge in [-0.15, -0.1) is 0 Å². The van der Waals surface area contributed by atoms with Crippen LogP contribution in [0.15, 0.2) is 4.52 Å². The third kappa shape index (κ3) is 4.85. The molecule has 1 atom stereocenters. The lowest BCUT2D eigenvalue weighted by Gasteiger charge is -2.13. The fraction of sp³-hybridized carbons (Fsp3) is 0.615. The lowest BCUT2D eigenvalue weighted by Crippen LogP contribution is -2.40. The van der Waals surface area contributed by atoms with Crippen LogP contribution < -0.4 is 5.32 Å². The van der Waals surface area contributed by atoms with Crippen molar-refractivity contribution in [3.63, 3.8) is 0 Å². The van der Waals surface area contributed by atoms with Gasteiger partial charge in [0, 0.05) is 12.0 Å². The molecule has 1 aromatic rings. The number of rotatable bonds is 8. The molecule has 0 aliphatic rings. The molecule has 1 aromatic heterocycles. The lowest BCUT2D eigenvalue weighted by molar-refractivity contribution is -0.142. The van der Waals surface area contributed by atoms with Crippen molar-refractivity contribution in [3.05, 3.63) is 16.5 Å². The molecule has 0 aromatic carbocycles. The van der Waals surface area contributed by atoms with Gasteiger partial charge in [-0.05, 0) is 31.4 Å².